The summed E-state index contributed by atoms with van der Waals surface area (Å²) in [6.45, 7) is 3.08. The summed E-state index contributed by atoms with van der Waals surface area (Å²) >= 11 is 0. The van der Waals surface area contributed by atoms with Gasteiger partial charge in [0.25, 0.3) is 0 Å². The van der Waals surface area contributed by atoms with Gasteiger partial charge in [-0.15, -0.1) is 24.0 Å². The zero-order chi connectivity index (χ0) is 19.2. The van der Waals surface area contributed by atoms with Gasteiger partial charge in [-0.3, -0.25) is 4.99 Å². The molecule has 0 spiro atoms. The second-order valence-electron chi connectivity index (χ2n) is 7.40. The Morgan fingerprint density at radius 3 is 2.93 bits per heavy atom. The highest BCUT2D eigenvalue weighted by Gasteiger charge is 2.22. The van der Waals surface area contributed by atoms with Crippen LogP contribution in [0.2, 0.25) is 0 Å². The molecule has 4 rings (SSSR count). The number of hydrogen-bond donors (Lipinski definition) is 2. The first kappa shape index (κ1) is 21.7. The second-order valence-corrected chi connectivity index (χ2v) is 7.40. The molecule has 0 unspecified atom stereocenters. The molecule has 0 saturated heterocycles. The van der Waals surface area contributed by atoms with Crippen molar-refractivity contribution >= 4 is 29.9 Å². The number of guanidine groups is 1. The lowest BCUT2D eigenvalue weighted by Gasteiger charge is -2.13. The predicted octanol–water partition coefficient (Wildman–Crippen LogP) is 3.33. The molecule has 156 valence electrons. The van der Waals surface area contributed by atoms with Gasteiger partial charge in [-0.2, -0.15) is 0 Å². The molecular weight excluding hydrogens is 479 g/mol. The van der Waals surface area contributed by atoms with Gasteiger partial charge < -0.3 is 20.1 Å². The number of benzene rings is 1. The molecule has 7 heteroatoms. The van der Waals surface area contributed by atoms with E-state index < -0.39 is 0 Å². The summed E-state index contributed by atoms with van der Waals surface area (Å²) in [5.41, 5.74) is 3.76. The molecule has 0 radical (unpaired) electrons. The fourth-order valence-corrected chi connectivity index (χ4v) is 3.25. The van der Waals surface area contributed by atoms with E-state index in [1.54, 1.807) is 13.2 Å². The summed E-state index contributed by atoms with van der Waals surface area (Å²) in [4.78, 5) is 8.60. The number of fused-ring (bicyclic) bond motifs is 1. The van der Waals surface area contributed by atoms with Crippen LogP contribution in [0.1, 0.15) is 29.5 Å². The first-order chi connectivity index (χ1) is 13.8. The van der Waals surface area contributed by atoms with E-state index in [4.69, 9.17) is 9.47 Å². The van der Waals surface area contributed by atoms with E-state index in [9.17, 15) is 0 Å². The maximum atomic E-state index is 5.76. The third-order valence-corrected chi connectivity index (χ3v) is 5.11. The molecule has 1 fully saturated rings. The first-order valence-corrected chi connectivity index (χ1v) is 10.1. The van der Waals surface area contributed by atoms with Crippen molar-refractivity contribution in [3.8, 4) is 11.6 Å². The van der Waals surface area contributed by atoms with E-state index >= 15 is 0 Å². The number of aliphatic imine (C=N–C) groups is 1. The Hall–Kier alpha value is -2.03. The van der Waals surface area contributed by atoms with Crippen molar-refractivity contribution in [1.29, 1.82) is 0 Å². The van der Waals surface area contributed by atoms with Crippen molar-refractivity contribution in [2.75, 3.05) is 26.8 Å². The van der Waals surface area contributed by atoms with Crippen LogP contribution in [0.25, 0.3) is 0 Å². The minimum absolute atomic E-state index is 0. The second kappa shape index (κ2) is 10.7. The fourth-order valence-electron chi connectivity index (χ4n) is 3.25. The van der Waals surface area contributed by atoms with Crippen LogP contribution in [-0.2, 0) is 19.4 Å². The third-order valence-electron chi connectivity index (χ3n) is 5.11. The zero-order valence-electron chi connectivity index (χ0n) is 16.8. The monoisotopic (exact) mass is 508 g/mol. The minimum atomic E-state index is 0. The Kier molecular flexibility index (Phi) is 7.97. The molecule has 2 N–H and O–H groups in total. The van der Waals surface area contributed by atoms with Crippen molar-refractivity contribution in [3.63, 3.8) is 0 Å². The molecule has 1 aromatic heterocycles. The Morgan fingerprint density at radius 1 is 1.21 bits per heavy atom. The molecule has 1 aliphatic heterocycles. The lowest BCUT2D eigenvalue weighted by molar-refractivity contribution is 0.288. The van der Waals surface area contributed by atoms with Crippen LogP contribution in [0.4, 0.5) is 0 Å². The molecule has 0 bridgehead atoms. The van der Waals surface area contributed by atoms with Crippen LogP contribution < -0.4 is 20.1 Å². The average molecular weight is 508 g/mol. The van der Waals surface area contributed by atoms with Crippen molar-refractivity contribution in [3.05, 3.63) is 53.2 Å². The van der Waals surface area contributed by atoms with Crippen molar-refractivity contribution in [2.24, 2.45) is 10.9 Å². The van der Waals surface area contributed by atoms with E-state index in [-0.39, 0.29) is 24.0 Å². The van der Waals surface area contributed by atoms with Gasteiger partial charge in [-0.05, 0) is 54.0 Å². The number of rotatable bonds is 8. The maximum absolute atomic E-state index is 5.76. The number of nitrogens with one attached hydrogen (secondary N) is 2. The predicted molar refractivity (Wildman–Crippen MR) is 125 cm³/mol. The van der Waals surface area contributed by atoms with Gasteiger partial charge in [0.1, 0.15) is 5.75 Å². The molecule has 2 aromatic rings. The van der Waals surface area contributed by atoms with E-state index in [0.717, 1.165) is 55.8 Å². The highest BCUT2D eigenvalue weighted by Crippen LogP contribution is 2.29. The molecule has 29 heavy (non-hydrogen) atoms. The highest BCUT2D eigenvalue weighted by atomic mass is 127. The number of nitrogens with zero attached hydrogens (tertiary/aromatic N) is 2. The molecule has 0 amide bonds. The molecule has 2 aliphatic rings. The minimum Gasteiger partial charge on any atom is -0.493 e. The van der Waals surface area contributed by atoms with Gasteiger partial charge in [-0.25, -0.2) is 4.98 Å². The van der Waals surface area contributed by atoms with Crippen molar-refractivity contribution in [2.45, 2.75) is 32.2 Å². The van der Waals surface area contributed by atoms with Gasteiger partial charge >= 0.3 is 0 Å². The van der Waals surface area contributed by atoms with Crippen LogP contribution in [-0.4, -0.2) is 37.7 Å². The Balaban J connectivity index is 0.00000240. The summed E-state index contributed by atoms with van der Waals surface area (Å²) in [5, 5.41) is 6.73. The standard InChI is InChI=1S/C22H28N4O2.HI/c1-23-22(25-10-6-16-4-5-20-19(12-16)8-11-27-20)26-14-18-7-9-24-21(13-18)28-15-17-2-3-17;/h4-5,7,9,12-13,17H,2-3,6,8,10-11,14-15H2,1H3,(H2,23,25,26);1H. The number of pyridine rings is 1. The van der Waals surface area contributed by atoms with Crippen molar-refractivity contribution in [1.82, 2.24) is 15.6 Å². The largest absolute Gasteiger partial charge is 0.493 e. The average Bonchev–Trinajstić information content (AvgIpc) is 3.44. The molecule has 2 heterocycles. The Morgan fingerprint density at radius 2 is 2.10 bits per heavy atom. The van der Waals surface area contributed by atoms with Crippen molar-refractivity contribution < 1.29 is 9.47 Å². The van der Waals surface area contributed by atoms with Gasteiger partial charge in [0.2, 0.25) is 5.88 Å². The SMILES string of the molecule is CN=C(NCCc1ccc2c(c1)CCO2)NCc1ccnc(OCC2CC2)c1.I. The highest BCUT2D eigenvalue weighted by molar-refractivity contribution is 14.0. The normalized spacial score (nSPS) is 15.1. The van der Waals surface area contributed by atoms with E-state index in [2.05, 4.69) is 38.8 Å². The van der Waals surface area contributed by atoms with Gasteiger partial charge in [0.15, 0.2) is 5.96 Å². The first-order valence-electron chi connectivity index (χ1n) is 10.1. The molecule has 1 saturated carbocycles. The summed E-state index contributed by atoms with van der Waals surface area (Å²) < 4.78 is 11.3. The zero-order valence-corrected chi connectivity index (χ0v) is 19.1. The quantitative estimate of drug-likeness (QED) is 0.326. The lowest BCUT2D eigenvalue weighted by atomic mass is 10.1. The molecular formula is C22H29IN4O2. The molecule has 1 aliphatic carbocycles. The number of hydrogen-bond acceptors (Lipinski definition) is 4. The number of halogens is 1. The summed E-state index contributed by atoms with van der Waals surface area (Å²) in [7, 11) is 1.79. The van der Waals surface area contributed by atoms with Gasteiger partial charge in [-0.1, -0.05) is 12.1 Å². The van der Waals surface area contributed by atoms with Gasteiger partial charge in [0, 0.05) is 38.8 Å². The van der Waals surface area contributed by atoms with Crippen LogP contribution in [0.5, 0.6) is 11.6 Å². The smallest absolute Gasteiger partial charge is 0.213 e. The maximum Gasteiger partial charge on any atom is 0.213 e. The topological polar surface area (TPSA) is 67.8 Å². The Labute approximate surface area is 189 Å². The third kappa shape index (κ3) is 6.48. The van der Waals surface area contributed by atoms with E-state index in [1.807, 2.05) is 12.1 Å². The molecule has 1 aromatic carbocycles. The van der Waals surface area contributed by atoms with Crippen LogP contribution in [0, 0.1) is 5.92 Å². The molecule has 0 atom stereocenters. The fraction of sp³-hybridized carbons (Fsp3) is 0.455. The molecule has 6 nitrogen and oxygen atoms in total. The number of ether oxygens (including phenoxy) is 2. The summed E-state index contributed by atoms with van der Waals surface area (Å²) in [5.74, 6) is 3.26. The Bertz CT molecular complexity index is 839. The lowest BCUT2D eigenvalue weighted by Crippen LogP contribution is -2.37. The number of aromatic nitrogens is 1. The summed E-state index contributed by atoms with van der Waals surface area (Å²) in [6, 6.07) is 10.5. The van der Waals surface area contributed by atoms with Crippen LogP contribution >= 0.6 is 24.0 Å². The van der Waals surface area contributed by atoms with Crippen LogP contribution in [0.3, 0.4) is 0 Å². The summed E-state index contributed by atoms with van der Waals surface area (Å²) in [6.07, 6.45) is 6.32. The van der Waals surface area contributed by atoms with Gasteiger partial charge in [0.05, 0.1) is 13.2 Å². The van der Waals surface area contributed by atoms with E-state index in [0.29, 0.717) is 12.4 Å². The van der Waals surface area contributed by atoms with E-state index in [1.165, 1.54) is 24.0 Å². The van der Waals surface area contributed by atoms with Crippen LogP contribution in [0.15, 0.2) is 41.5 Å².